The van der Waals surface area contributed by atoms with Gasteiger partial charge in [0.05, 0.1) is 13.2 Å². The van der Waals surface area contributed by atoms with Gasteiger partial charge < -0.3 is 18.7 Å². The maximum absolute atomic E-state index is 13.7. The zero-order valence-electron chi connectivity index (χ0n) is 19.7. The lowest BCUT2D eigenvalue weighted by Crippen LogP contribution is -2.43. The Kier molecular flexibility index (Phi) is 9.42. The quantitative estimate of drug-likeness (QED) is 0.184. The number of benzene rings is 1. The molecule has 0 bridgehead atoms. The van der Waals surface area contributed by atoms with Gasteiger partial charge in [-0.2, -0.15) is 5.09 Å². The van der Waals surface area contributed by atoms with Crippen molar-refractivity contribution in [2.24, 2.45) is 5.92 Å². The molecule has 0 radical (unpaired) electrons. The van der Waals surface area contributed by atoms with E-state index in [4.69, 9.17) is 28.5 Å². The second-order valence-corrected chi connectivity index (χ2v) is 10.1. The molecule has 1 aliphatic heterocycles. The Morgan fingerprint density at radius 1 is 1.21 bits per heavy atom. The Morgan fingerprint density at radius 2 is 1.85 bits per heavy atom. The highest BCUT2D eigenvalue weighted by Crippen LogP contribution is 2.46. The van der Waals surface area contributed by atoms with Crippen molar-refractivity contribution in [3.05, 3.63) is 29.8 Å². The lowest BCUT2D eigenvalue weighted by atomic mass is 10.1. The Balaban J connectivity index is 2.27. The first kappa shape index (κ1) is 27.2. The molecule has 0 aliphatic carbocycles. The summed E-state index contributed by atoms with van der Waals surface area (Å²) in [6.45, 7) is 9.98. The smallest absolute Gasteiger partial charge is 0.459 e. The molecule has 2 rings (SSSR count). The van der Waals surface area contributed by atoms with E-state index in [0.29, 0.717) is 0 Å². The van der Waals surface area contributed by atoms with Crippen LogP contribution in [0.15, 0.2) is 24.3 Å². The van der Waals surface area contributed by atoms with Gasteiger partial charge in [0, 0.05) is 0 Å². The fraction of sp³-hybridized carbons (Fsp3) is 0.619. The molecule has 0 spiro atoms. The van der Waals surface area contributed by atoms with Crippen LogP contribution in [0.25, 0.3) is 0 Å². The normalized spacial score (nSPS) is 22.4. The summed E-state index contributed by atoms with van der Waals surface area (Å²) in [6.07, 6.45) is -2.23. The van der Waals surface area contributed by atoms with Crippen LogP contribution in [-0.2, 0) is 32.9 Å². The molecular weight excluding hydrogens is 455 g/mol. The third-order valence-corrected chi connectivity index (χ3v) is 6.25. The summed E-state index contributed by atoms with van der Waals surface area (Å²) in [7, 11) is -4.18. The van der Waals surface area contributed by atoms with Crippen molar-refractivity contribution >= 4 is 19.6 Å². The minimum Gasteiger partial charge on any atom is -0.465 e. The number of hydrogen-bond acceptors (Lipinski definition) is 9. The average molecular weight is 488 g/mol. The molecule has 1 fully saturated rings. The van der Waals surface area contributed by atoms with E-state index in [1.807, 2.05) is 6.92 Å². The molecule has 1 amide bonds. The molecular formula is C21H33N2O9P. The van der Waals surface area contributed by atoms with Crippen molar-refractivity contribution in [3.8, 4) is 5.75 Å². The van der Waals surface area contributed by atoms with E-state index < -0.39 is 50.3 Å². The second kappa shape index (κ2) is 11.4. The van der Waals surface area contributed by atoms with Crippen molar-refractivity contribution in [3.63, 3.8) is 0 Å². The van der Waals surface area contributed by atoms with E-state index in [2.05, 4.69) is 5.09 Å². The van der Waals surface area contributed by atoms with Crippen molar-refractivity contribution in [2.45, 2.75) is 65.6 Å². The van der Waals surface area contributed by atoms with E-state index in [1.165, 1.54) is 5.48 Å². The fourth-order valence-electron chi connectivity index (χ4n) is 3.12. The molecule has 1 aromatic carbocycles. The summed E-state index contributed by atoms with van der Waals surface area (Å²) < 4.78 is 41.3. The molecule has 186 valence electrons. The number of hydrogen-bond donors (Lipinski definition) is 3. The predicted octanol–water partition coefficient (Wildman–Crippen LogP) is 2.70. The van der Waals surface area contributed by atoms with Gasteiger partial charge in [-0.15, -0.1) is 0 Å². The van der Waals surface area contributed by atoms with Crippen LogP contribution in [0.3, 0.4) is 0 Å². The SMILES string of the molecule is CCOC(=O)[C@@H](NP(=O)(OC[C@H]1OC(C)(C)O[C@H]1C(=O)NO)Oc1ccc(C)cc1)C(C)C. The standard InChI is InChI=1S/C21H33N2O9P/c1-7-28-20(25)17(13(2)3)23-33(27,32-15-10-8-14(4)9-11-15)29-12-16-18(19(24)22-26)31-21(5,6)30-16/h8-11,13,16-18,26H,7,12H2,1-6H3,(H,22,24)(H,23,27)/t16-,17+,18-,33?/m1/s1. The maximum Gasteiger partial charge on any atom is 0.459 e. The molecule has 0 aromatic heterocycles. The molecule has 1 aliphatic rings. The van der Waals surface area contributed by atoms with Crippen LogP contribution in [0.2, 0.25) is 0 Å². The second-order valence-electron chi connectivity index (χ2n) is 8.37. The summed E-state index contributed by atoms with van der Waals surface area (Å²) in [6, 6.07) is 5.77. The fourth-order valence-corrected chi connectivity index (χ4v) is 4.79. The number of carbonyl (C=O) groups excluding carboxylic acids is 2. The molecule has 1 aromatic rings. The summed E-state index contributed by atoms with van der Waals surface area (Å²) in [5.74, 6) is -2.66. The van der Waals surface area contributed by atoms with Crippen LogP contribution in [0.4, 0.5) is 0 Å². The summed E-state index contributed by atoms with van der Waals surface area (Å²) in [5.41, 5.74) is 2.48. The van der Waals surface area contributed by atoms with Crippen molar-refractivity contribution in [1.82, 2.24) is 10.6 Å². The van der Waals surface area contributed by atoms with Crippen LogP contribution in [0.1, 0.15) is 40.2 Å². The molecule has 3 N–H and O–H groups in total. The van der Waals surface area contributed by atoms with Gasteiger partial charge in [-0.05, 0) is 45.7 Å². The van der Waals surface area contributed by atoms with Crippen molar-refractivity contribution < 1.29 is 42.6 Å². The van der Waals surface area contributed by atoms with Gasteiger partial charge >= 0.3 is 13.7 Å². The first-order valence-corrected chi connectivity index (χ1v) is 12.2. The zero-order chi connectivity index (χ0) is 24.8. The number of carbonyl (C=O) groups is 2. The van der Waals surface area contributed by atoms with Crippen molar-refractivity contribution in [2.75, 3.05) is 13.2 Å². The monoisotopic (exact) mass is 488 g/mol. The summed E-state index contributed by atoms with van der Waals surface area (Å²) in [4.78, 5) is 24.4. The van der Waals surface area contributed by atoms with Gasteiger partial charge in [0.2, 0.25) is 0 Å². The number of aryl methyl sites for hydroxylation is 1. The molecule has 4 atom stereocenters. The van der Waals surface area contributed by atoms with Crippen molar-refractivity contribution in [1.29, 1.82) is 0 Å². The first-order chi connectivity index (χ1) is 15.4. The van der Waals surface area contributed by atoms with Gasteiger partial charge in [0.15, 0.2) is 11.9 Å². The third kappa shape index (κ3) is 7.77. The highest BCUT2D eigenvalue weighted by atomic mass is 31.2. The molecule has 12 heteroatoms. The number of rotatable bonds is 11. The predicted molar refractivity (Wildman–Crippen MR) is 118 cm³/mol. The van der Waals surface area contributed by atoms with Gasteiger partial charge in [-0.1, -0.05) is 31.5 Å². The largest absolute Gasteiger partial charge is 0.465 e. The molecule has 1 saturated heterocycles. The van der Waals surface area contributed by atoms with Crippen LogP contribution in [-0.4, -0.2) is 54.3 Å². The van der Waals surface area contributed by atoms with Crippen LogP contribution >= 0.6 is 7.75 Å². The van der Waals surface area contributed by atoms with E-state index in [1.54, 1.807) is 58.9 Å². The Morgan fingerprint density at radius 3 is 2.39 bits per heavy atom. The van der Waals surface area contributed by atoms with Gasteiger partial charge in [-0.3, -0.25) is 19.3 Å². The Bertz CT molecular complexity index is 860. The van der Waals surface area contributed by atoms with Crippen LogP contribution in [0, 0.1) is 12.8 Å². The first-order valence-electron chi connectivity index (χ1n) is 10.6. The molecule has 11 nitrogen and oxygen atoms in total. The molecule has 0 saturated carbocycles. The Labute approximate surface area is 193 Å². The number of hydroxylamine groups is 1. The number of amides is 1. The van der Waals surface area contributed by atoms with E-state index in [9.17, 15) is 14.2 Å². The minimum absolute atomic E-state index is 0.147. The van der Waals surface area contributed by atoms with Gasteiger partial charge in [0.1, 0.15) is 17.9 Å². The highest BCUT2D eigenvalue weighted by molar-refractivity contribution is 7.52. The van der Waals surface area contributed by atoms with Crippen LogP contribution in [0.5, 0.6) is 5.75 Å². The van der Waals surface area contributed by atoms with E-state index in [-0.39, 0.29) is 18.3 Å². The van der Waals surface area contributed by atoms with Gasteiger partial charge in [-0.25, -0.2) is 10.0 Å². The van der Waals surface area contributed by atoms with E-state index >= 15 is 0 Å². The lowest BCUT2D eigenvalue weighted by molar-refractivity contribution is -0.160. The third-order valence-electron chi connectivity index (χ3n) is 4.71. The molecule has 1 unspecified atom stereocenters. The maximum atomic E-state index is 13.7. The molecule has 1 heterocycles. The Hall–Kier alpha value is -2.01. The topological polar surface area (TPSA) is 142 Å². The number of nitrogens with one attached hydrogen (secondary N) is 2. The summed E-state index contributed by atoms with van der Waals surface area (Å²) in [5, 5.41) is 11.7. The summed E-state index contributed by atoms with van der Waals surface area (Å²) >= 11 is 0. The highest BCUT2D eigenvalue weighted by Gasteiger charge is 2.47. The molecule has 33 heavy (non-hydrogen) atoms. The lowest BCUT2D eigenvalue weighted by Gasteiger charge is -2.27. The zero-order valence-corrected chi connectivity index (χ0v) is 20.6. The number of esters is 1. The average Bonchev–Trinajstić information content (AvgIpc) is 3.06. The van der Waals surface area contributed by atoms with Gasteiger partial charge in [0.25, 0.3) is 5.91 Å². The minimum atomic E-state index is -4.18. The van der Waals surface area contributed by atoms with Crippen LogP contribution < -0.4 is 15.1 Å². The number of ether oxygens (including phenoxy) is 3. The van der Waals surface area contributed by atoms with E-state index in [0.717, 1.165) is 5.56 Å².